The second-order valence-electron chi connectivity index (χ2n) is 9.90. The smallest absolute Gasteiger partial charge is 0.404 e. The second kappa shape index (κ2) is 9.58. The van der Waals surface area contributed by atoms with Gasteiger partial charge in [-0.1, -0.05) is 19.6 Å². The Kier molecular flexibility index (Phi) is 7.12. The maximum Gasteiger partial charge on any atom is 0.404 e. The summed E-state index contributed by atoms with van der Waals surface area (Å²) >= 11 is 2.09. The maximum absolute atomic E-state index is 15.3. The standard InChI is InChI=1S/C20H30FIN6O4Si/c1-33(2,3)7-6-32-10-27-19-16(17(22)26-27)23-13(9-29)18(25-19)28-11-4-5-14(28)15(21)12(8-11)24-20(30)31/h11-12,14-15,24,29H,4-10H2,1-3H3,(H,30,31)/t11-,12+,14+,15+/m1/s1. The van der Waals surface area contributed by atoms with E-state index in [0.29, 0.717) is 45.8 Å². The molecular formula is C20H30FIN6O4Si. The molecule has 0 aliphatic carbocycles. The third kappa shape index (κ3) is 5.10. The van der Waals surface area contributed by atoms with E-state index >= 15 is 4.39 Å². The molecule has 4 heterocycles. The van der Waals surface area contributed by atoms with Crippen molar-refractivity contribution in [2.45, 2.75) is 82.6 Å². The van der Waals surface area contributed by atoms with Crippen LogP contribution >= 0.6 is 22.6 Å². The van der Waals surface area contributed by atoms with Crippen molar-refractivity contribution in [1.29, 1.82) is 0 Å². The van der Waals surface area contributed by atoms with Crippen molar-refractivity contribution >= 4 is 53.7 Å². The lowest BCUT2D eigenvalue weighted by molar-refractivity contribution is 0.0810. The molecule has 0 unspecified atom stereocenters. The maximum atomic E-state index is 15.3. The molecule has 1 amide bonds. The van der Waals surface area contributed by atoms with E-state index in [1.54, 1.807) is 4.68 Å². The molecule has 0 spiro atoms. The summed E-state index contributed by atoms with van der Waals surface area (Å²) in [7, 11) is -1.21. The number of alkyl halides is 1. The molecule has 0 radical (unpaired) electrons. The number of fused-ring (bicyclic) bond motifs is 3. The van der Waals surface area contributed by atoms with Gasteiger partial charge in [0.15, 0.2) is 15.2 Å². The van der Waals surface area contributed by atoms with Crippen LogP contribution in [0, 0.1) is 3.70 Å². The van der Waals surface area contributed by atoms with Crippen LogP contribution in [0.2, 0.25) is 25.7 Å². The van der Waals surface area contributed by atoms with Crippen LogP contribution in [-0.2, 0) is 18.1 Å². The van der Waals surface area contributed by atoms with Crippen molar-refractivity contribution in [1.82, 2.24) is 25.1 Å². The first kappa shape index (κ1) is 24.5. The third-order valence-electron chi connectivity index (χ3n) is 6.31. The van der Waals surface area contributed by atoms with Crippen LogP contribution in [0.5, 0.6) is 0 Å². The van der Waals surface area contributed by atoms with Gasteiger partial charge in [-0.3, -0.25) is 0 Å². The molecule has 33 heavy (non-hydrogen) atoms. The van der Waals surface area contributed by atoms with Crippen LogP contribution in [0.1, 0.15) is 25.0 Å². The second-order valence-corrected chi connectivity index (χ2v) is 16.5. The van der Waals surface area contributed by atoms with Gasteiger partial charge >= 0.3 is 6.09 Å². The highest BCUT2D eigenvalue weighted by Crippen LogP contribution is 2.41. The monoisotopic (exact) mass is 592 g/mol. The number of aliphatic hydroxyl groups is 1. The summed E-state index contributed by atoms with van der Waals surface area (Å²) in [6.07, 6.45) is -0.945. The number of aliphatic hydroxyl groups excluding tert-OH is 1. The first-order chi connectivity index (χ1) is 15.6. The van der Waals surface area contributed by atoms with Crippen LogP contribution in [0.4, 0.5) is 15.0 Å². The fraction of sp³-hybridized carbons (Fsp3) is 0.700. The van der Waals surface area contributed by atoms with Crippen molar-refractivity contribution in [2.75, 3.05) is 11.5 Å². The summed E-state index contributed by atoms with van der Waals surface area (Å²) in [6, 6.07) is -0.327. The van der Waals surface area contributed by atoms with Gasteiger partial charge in [0, 0.05) is 20.7 Å². The van der Waals surface area contributed by atoms with E-state index in [-0.39, 0.29) is 19.4 Å². The number of nitrogens with one attached hydrogen (secondary N) is 1. The Labute approximate surface area is 206 Å². The number of piperidine rings is 1. The minimum atomic E-state index is -1.38. The molecule has 2 aliphatic rings. The SMILES string of the molecule is C[Si](C)(C)CCOCn1nc(I)c2nc(CO)c(N3[C@@H]4CC[C@H]3[C@@H](F)[C@@H](NC(=O)O)C4)nc21. The number of amides is 1. The van der Waals surface area contributed by atoms with Crippen molar-refractivity contribution in [3.63, 3.8) is 0 Å². The molecular weight excluding hydrogens is 562 g/mol. The van der Waals surface area contributed by atoms with Crippen molar-refractivity contribution in [3.8, 4) is 0 Å². The summed E-state index contributed by atoms with van der Waals surface area (Å²) in [5, 5.41) is 25.9. The molecule has 2 aromatic heterocycles. The van der Waals surface area contributed by atoms with Crippen LogP contribution in [0.25, 0.3) is 11.2 Å². The van der Waals surface area contributed by atoms with Gasteiger partial charge in [0.05, 0.1) is 18.7 Å². The lowest BCUT2D eigenvalue weighted by Gasteiger charge is -2.42. The minimum Gasteiger partial charge on any atom is -0.465 e. The Hall–Kier alpha value is -1.58. The molecule has 13 heteroatoms. The zero-order chi connectivity index (χ0) is 23.9. The molecule has 2 fully saturated rings. The zero-order valence-corrected chi connectivity index (χ0v) is 22.1. The molecule has 0 saturated carbocycles. The highest BCUT2D eigenvalue weighted by Gasteiger charge is 2.49. The lowest BCUT2D eigenvalue weighted by atomic mass is 9.95. The van der Waals surface area contributed by atoms with Crippen molar-refractivity contribution < 1.29 is 24.1 Å². The van der Waals surface area contributed by atoms with Crippen LogP contribution in [0.15, 0.2) is 0 Å². The van der Waals surface area contributed by atoms with Crippen LogP contribution < -0.4 is 10.2 Å². The van der Waals surface area contributed by atoms with E-state index < -0.39 is 32.4 Å². The molecule has 2 aromatic rings. The molecule has 2 aliphatic heterocycles. The first-order valence-corrected chi connectivity index (χ1v) is 15.9. The highest BCUT2D eigenvalue weighted by atomic mass is 127. The number of rotatable bonds is 8. The number of carboxylic acid groups (broad SMARTS) is 1. The number of aromatic nitrogens is 4. The largest absolute Gasteiger partial charge is 0.465 e. The molecule has 2 saturated heterocycles. The fourth-order valence-corrected chi connectivity index (χ4v) is 6.06. The van der Waals surface area contributed by atoms with E-state index in [4.69, 9.17) is 14.8 Å². The Morgan fingerprint density at radius 3 is 2.76 bits per heavy atom. The van der Waals surface area contributed by atoms with Gasteiger partial charge in [-0.15, -0.1) is 0 Å². The van der Waals surface area contributed by atoms with Gasteiger partial charge in [-0.05, 0) is 47.9 Å². The topological polar surface area (TPSA) is 126 Å². The van der Waals surface area contributed by atoms with E-state index in [0.717, 1.165) is 12.5 Å². The molecule has 10 nitrogen and oxygen atoms in total. The van der Waals surface area contributed by atoms with Gasteiger partial charge in [-0.25, -0.2) is 23.8 Å². The summed E-state index contributed by atoms with van der Waals surface area (Å²) < 4.78 is 23.4. The van der Waals surface area contributed by atoms with Crippen molar-refractivity contribution in [2.24, 2.45) is 0 Å². The number of anilines is 1. The quantitative estimate of drug-likeness (QED) is 0.243. The number of hydrogen-bond acceptors (Lipinski definition) is 7. The number of halogens is 2. The lowest BCUT2D eigenvalue weighted by Crippen LogP contribution is -2.58. The van der Waals surface area contributed by atoms with Crippen LogP contribution in [-0.4, -0.2) is 75.0 Å². The normalized spacial score (nSPS) is 25.1. The Morgan fingerprint density at radius 2 is 2.09 bits per heavy atom. The summed E-state index contributed by atoms with van der Waals surface area (Å²) in [4.78, 5) is 22.4. The van der Waals surface area contributed by atoms with E-state index in [9.17, 15) is 9.90 Å². The Balaban J connectivity index is 1.63. The molecule has 4 rings (SSSR count). The summed E-state index contributed by atoms with van der Waals surface area (Å²) in [5.41, 5.74) is 1.47. The fourth-order valence-electron chi connectivity index (χ4n) is 4.68. The number of nitrogens with zero attached hydrogens (tertiary/aromatic N) is 5. The highest BCUT2D eigenvalue weighted by molar-refractivity contribution is 14.1. The Morgan fingerprint density at radius 1 is 1.33 bits per heavy atom. The van der Waals surface area contributed by atoms with Gasteiger partial charge in [-0.2, -0.15) is 5.10 Å². The van der Waals surface area contributed by atoms with E-state index in [1.807, 2.05) is 4.90 Å². The van der Waals surface area contributed by atoms with Gasteiger partial charge in [0.25, 0.3) is 0 Å². The predicted octanol–water partition coefficient (Wildman–Crippen LogP) is 2.95. The minimum absolute atomic E-state index is 0.0839. The van der Waals surface area contributed by atoms with Gasteiger partial charge in [0.1, 0.15) is 24.1 Å². The zero-order valence-electron chi connectivity index (χ0n) is 19.0. The van der Waals surface area contributed by atoms with Gasteiger partial charge in [0.2, 0.25) is 0 Å². The Bertz CT molecular complexity index is 1030. The number of ether oxygens (including phenoxy) is 1. The number of hydrogen-bond donors (Lipinski definition) is 3. The number of carbonyl (C=O) groups is 1. The van der Waals surface area contributed by atoms with E-state index in [2.05, 4.69) is 57.6 Å². The molecule has 0 aromatic carbocycles. The molecule has 2 bridgehead atoms. The molecule has 3 N–H and O–H groups in total. The van der Waals surface area contributed by atoms with Gasteiger partial charge < -0.3 is 25.2 Å². The third-order valence-corrected chi connectivity index (χ3v) is 8.75. The average molecular weight is 592 g/mol. The first-order valence-electron chi connectivity index (χ1n) is 11.1. The summed E-state index contributed by atoms with van der Waals surface area (Å²) in [6.45, 7) is 7.41. The predicted molar refractivity (Wildman–Crippen MR) is 132 cm³/mol. The van der Waals surface area contributed by atoms with E-state index in [1.165, 1.54) is 0 Å². The van der Waals surface area contributed by atoms with Crippen molar-refractivity contribution in [3.05, 3.63) is 9.39 Å². The molecule has 182 valence electrons. The summed E-state index contributed by atoms with van der Waals surface area (Å²) in [5.74, 6) is 0.438. The molecule has 4 atom stereocenters. The average Bonchev–Trinajstić information content (AvgIpc) is 3.24. The van der Waals surface area contributed by atoms with Crippen LogP contribution in [0.3, 0.4) is 0 Å².